The molecule has 4 rings (SSSR count). The van der Waals surface area contributed by atoms with Crippen molar-refractivity contribution in [1.29, 1.82) is 0 Å². The highest BCUT2D eigenvalue weighted by molar-refractivity contribution is 6.03. The van der Waals surface area contributed by atoms with Crippen LogP contribution in [0.4, 0.5) is 5.82 Å². The molecule has 1 aliphatic heterocycles. The van der Waals surface area contributed by atoms with Crippen LogP contribution in [-0.4, -0.2) is 34.0 Å². The molecule has 0 amide bonds. The monoisotopic (exact) mass is 353 g/mol. The van der Waals surface area contributed by atoms with E-state index in [0.717, 1.165) is 48.8 Å². The van der Waals surface area contributed by atoms with Crippen molar-refractivity contribution in [2.24, 2.45) is 16.8 Å². The second-order valence-corrected chi connectivity index (χ2v) is 7.91. The molecule has 1 aromatic heterocycles. The second-order valence-electron chi connectivity index (χ2n) is 7.91. The van der Waals surface area contributed by atoms with Crippen molar-refractivity contribution < 1.29 is 0 Å². The Morgan fingerprint density at radius 2 is 2.15 bits per heavy atom. The zero-order valence-electron chi connectivity index (χ0n) is 16.0. The van der Waals surface area contributed by atoms with Crippen LogP contribution in [0.2, 0.25) is 0 Å². The molecule has 0 spiro atoms. The van der Waals surface area contributed by atoms with E-state index in [0.29, 0.717) is 5.92 Å². The Kier molecular flexibility index (Phi) is 5.14. The zero-order chi connectivity index (χ0) is 17.9. The quantitative estimate of drug-likeness (QED) is 0.554. The summed E-state index contributed by atoms with van der Waals surface area (Å²) in [6.07, 6.45) is 14.0. The van der Waals surface area contributed by atoms with Gasteiger partial charge in [-0.05, 0) is 69.4 Å². The number of likely N-dealkylation sites (tertiary alicyclic amines) is 1. The average Bonchev–Trinajstić information content (AvgIpc) is 3.57. The minimum Gasteiger partial charge on any atom is -0.357 e. The maximum absolute atomic E-state index is 4.97. The Hall–Kier alpha value is -2.04. The first kappa shape index (κ1) is 17.4. The van der Waals surface area contributed by atoms with Gasteiger partial charge in [-0.1, -0.05) is 13.0 Å². The summed E-state index contributed by atoms with van der Waals surface area (Å²) >= 11 is 0. The summed E-state index contributed by atoms with van der Waals surface area (Å²) in [4.78, 5) is 7.44. The fraction of sp³-hybridized carbons (Fsp3) is 0.619. The molecule has 0 bridgehead atoms. The highest BCUT2D eigenvalue weighted by Gasteiger charge is 2.36. The number of anilines is 1. The van der Waals surface area contributed by atoms with E-state index in [2.05, 4.69) is 39.5 Å². The third kappa shape index (κ3) is 4.19. The first-order valence-corrected chi connectivity index (χ1v) is 10.3. The summed E-state index contributed by atoms with van der Waals surface area (Å²) in [5.74, 6) is 5.35. The van der Waals surface area contributed by atoms with E-state index >= 15 is 0 Å². The van der Waals surface area contributed by atoms with Crippen LogP contribution in [0.1, 0.15) is 64.0 Å². The lowest BCUT2D eigenvalue weighted by molar-refractivity contribution is 0.384. The number of amidine groups is 1. The predicted octanol–water partition coefficient (Wildman–Crippen LogP) is 4.66. The van der Waals surface area contributed by atoms with Crippen molar-refractivity contribution in [3.63, 3.8) is 0 Å². The van der Waals surface area contributed by atoms with Gasteiger partial charge in [0.05, 0.1) is 0 Å². The van der Waals surface area contributed by atoms with Gasteiger partial charge in [-0.15, -0.1) is 0 Å². The van der Waals surface area contributed by atoms with E-state index < -0.39 is 0 Å². The number of allylic oxidation sites excluding steroid dienone is 2. The number of hydrogen-bond donors (Lipinski definition) is 2. The molecule has 3 aliphatic rings. The lowest BCUT2D eigenvalue weighted by Crippen LogP contribution is -2.22. The Bertz CT molecular complexity index is 706. The standard InChI is InChI=1S/C21H31N5/c1-3-5-19(22-20-13-18(24-25-20)16-9-10-16)23-21(6-4-2)26-12-11-17(14-26)15-7-8-15/h3,5-6,13,15-17H,4,7-12,14H2,1-2H3,(H2,22,23,24,25)/b5-3-,21-6-. The van der Waals surface area contributed by atoms with Crippen molar-refractivity contribution >= 4 is 11.7 Å². The third-order valence-electron chi connectivity index (χ3n) is 5.65. The topological polar surface area (TPSA) is 56.3 Å². The van der Waals surface area contributed by atoms with E-state index in [4.69, 9.17) is 4.99 Å². The van der Waals surface area contributed by atoms with Crippen molar-refractivity contribution in [1.82, 2.24) is 15.1 Å². The first-order valence-electron chi connectivity index (χ1n) is 10.3. The van der Waals surface area contributed by atoms with Crippen LogP contribution in [-0.2, 0) is 0 Å². The molecule has 2 heterocycles. The van der Waals surface area contributed by atoms with Gasteiger partial charge < -0.3 is 10.2 Å². The first-order chi connectivity index (χ1) is 12.8. The van der Waals surface area contributed by atoms with Crippen molar-refractivity contribution in [3.05, 3.63) is 35.8 Å². The summed E-state index contributed by atoms with van der Waals surface area (Å²) in [5, 5.41) is 11.0. The largest absolute Gasteiger partial charge is 0.357 e. The van der Waals surface area contributed by atoms with Crippen LogP contribution < -0.4 is 5.32 Å². The van der Waals surface area contributed by atoms with Gasteiger partial charge in [0.1, 0.15) is 11.7 Å². The van der Waals surface area contributed by atoms with Gasteiger partial charge >= 0.3 is 0 Å². The van der Waals surface area contributed by atoms with Crippen LogP contribution in [0.15, 0.2) is 35.1 Å². The van der Waals surface area contributed by atoms with Gasteiger partial charge in [0, 0.05) is 30.8 Å². The highest BCUT2D eigenvalue weighted by atomic mass is 15.3. The van der Waals surface area contributed by atoms with Crippen LogP contribution in [0, 0.1) is 11.8 Å². The molecule has 2 aliphatic carbocycles. The summed E-state index contributed by atoms with van der Waals surface area (Å²) in [6.45, 7) is 6.51. The normalized spacial score (nSPS) is 24.7. The Labute approximate surface area is 156 Å². The number of H-pyrrole nitrogens is 1. The van der Waals surface area contributed by atoms with E-state index in [1.165, 1.54) is 37.8 Å². The summed E-state index contributed by atoms with van der Waals surface area (Å²) in [5.41, 5.74) is 1.24. The molecule has 0 radical (unpaired) electrons. The third-order valence-corrected chi connectivity index (χ3v) is 5.65. The fourth-order valence-corrected chi connectivity index (χ4v) is 3.90. The van der Waals surface area contributed by atoms with Gasteiger partial charge in [-0.2, -0.15) is 5.10 Å². The number of nitrogens with one attached hydrogen (secondary N) is 2. The van der Waals surface area contributed by atoms with E-state index in [1.54, 1.807) is 0 Å². The molecule has 3 fully saturated rings. The molecule has 1 unspecified atom stereocenters. The Balaban J connectivity index is 1.48. The Morgan fingerprint density at radius 1 is 1.31 bits per heavy atom. The van der Waals surface area contributed by atoms with E-state index in [9.17, 15) is 0 Å². The number of nitrogens with zero attached hydrogens (tertiary/aromatic N) is 3. The molecule has 140 valence electrons. The highest BCUT2D eigenvalue weighted by Crippen LogP contribution is 2.42. The molecule has 5 nitrogen and oxygen atoms in total. The molecule has 5 heteroatoms. The summed E-state index contributed by atoms with van der Waals surface area (Å²) in [6, 6.07) is 2.12. The van der Waals surface area contributed by atoms with Crippen LogP contribution >= 0.6 is 0 Å². The molecule has 1 aromatic rings. The van der Waals surface area contributed by atoms with E-state index in [1.807, 2.05) is 19.1 Å². The Morgan fingerprint density at radius 3 is 2.85 bits per heavy atom. The lowest BCUT2D eigenvalue weighted by atomic mass is 10.0. The number of hydrogen-bond acceptors (Lipinski definition) is 3. The van der Waals surface area contributed by atoms with Crippen molar-refractivity contribution in [2.75, 3.05) is 18.4 Å². The number of aliphatic imine (C=N–C) groups is 1. The number of rotatable bonds is 7. The van der Waals surface area contributed by atoms with Crippen LogP contribution in [0.3, 0.4) is 0 Å². The maximum atomic E-state index is 4.97. The smallest absolute Gasteiger partial charge is 0.153 e. The van der Waals surface area contributed by atoms with Gasteiger partial charge in [-0.3, -0.25) is 5.10 Å². The lowest BCUT2D eigenvalue weighted by Gasteiger charge is -2.20. The fourth-order valence-electron chi connectivity index (χ4n) is 3.90. The minimum absolute atomic E-state index is 0.680. The SMILES string of the molecule is C\C=C/C(=N\C(=C\CC)N1CCC(C2CC2)C1)Nc1cc(C2CC2)[nH]n1. The molecular formula is C21H31N5. The minimum atomic E-state index is 0.680. The van der Waals surface area contributed by atoms with Crippen molar-refractivity contribution in [3.8, 4) is 0 Å². The van der Waals surface area contributed by atoms with Crippen LogP contribution in [0.5, 0.6) is 0 Å². The van der Waals surface area contributed by atoms with Gasteiger partial charge in [-0.25, -0.2) is 4.99 Å². The molecule has 2 N–H and O–H groups in total. The molecule has 1 saturated heterocycles. The second kappa shape index (κ2) is 7.68. The molecule has 2 saturated carbocycles. The molecule has 0 aromatic carbocycles. The van der Waals surface area contributed by atoms with Gasteiger partial charge in [0.2, 0.25) is 0 Å². The maximum Gasteiger partial charge on any atom is 0.153 e. The average molecular weight is 354 g/mol. The predicted molar refractivity (Wildman–Crippen MR) is 107 cm³/mol. The molecule has 26 heavy (non-hydrogen) atoms. The summed E-state index contributed by atoms with van der Waals surface area (Å²) < 4.78 is 0. The van der Waals surface area contributed by atoms with Gasteiger partial charge in [0.25, 0.3) is 0 Å². The molecule has 1 atom stereocenters. The number of aromatic nitrogens is 2. The number of aromatic amines is 1. The van der Waals surface area contributed by atoms with Crippen LogP contribution in [0.25, 0.3) is 0 Å². The van der Waals surface area contributed by atoms with Gasteiger partial charge in [0.15, 0.2) is 5.82 Å². The molecular weight excluding hydrogens is 322 g/mol. The zero-order valence-corrected chi connectivity index (χ0v) is 16.0. The van der Waals surface area contributed by atoms with Crippen molar-refractivity contribution in [2.45, 2.75) is 58.3 Å². The van der Waals surface area contributed by atoms with E-state index in [-0.39, 0.29) is 0 Å². The summed E-state index contributed by atoms with van der Waals surface area (Å²) in [7, 11) is 0.